The van der Waals surface area contributed by atoms with Crippen molar-refractivity contribution < 1.29 is 4.39 Å². The van der Waals surface area contributed by atoms with Crippen molar-refractivity contribution in [2.75, 3.05) is 17.2 Å². The fraction of sp³-hybridized carbons (Fsp3) is 0.143. The van der Waals surface area contributed by atoms with Gasteiger partial charge in [0.05, 0.1) is 5.02 Å². The average molecular weight is 314 g/mol. The van der Waals surface area contributed by atoms with Crippen LogP contribution in [0.25, 0.3) is 0 Å². The molecule has 2 aromatic rings. The number of hydrogen-bond donors (Lipinski definition) is 1. The summed E-state index contributed by atoms with van der Waals surface area (Å²) in [7, 11) is 0. The molecule has 0 bridgehead atoms. The molecule has 0 saturated heterocycles. The third-order valence-corrected chi connectivity index (χ3v) is 5.31. The van der Waals surface area contributed by atoms with E-state index >= 15 is 0 Å². The molecule has 2 rings (SSSR count). The average Bonchev–Trinajstić information content (AvgIpc) is 2.39. The second kappa shape index (κ2) is 7.08. The van der Waals surface area contributed by atoms with Crippen LogP contribution in [-0.4, -0.2) is 11.5 Å². The number of rotatable bonds is 5. The summed E-state index contributed by atoms with van der Waals surface area (Å²) < 4.78 is 13.4. The van der Waals surface area contributed by atoms with Gasteiger partial charge in [0.2, 0.25) is 0 Å². The molecular formula is C14H13ClFNS2. The van der Waals surface area contributed by atoms with E-state index in [4.69, 9.17) is 17.3 Å². The van der Waals surface area contributed by atoms with Crippen LogP contribution in [0.3, 0.4) is 0 Å². The van der Waals surface area contributed by atoms with Crippen molar-refractivity contribution in [3.05, 3.63) is 53.3 Å². The largest absolute Gasteiger partial charge is 0.398 e. The van der Waals surface area contributed by atoms with E-state index in [9.17, 15) is 4.39 Å². The summed E-state index contributed by atoms with van der Waals surface area (Å²) >= 11 is 9.18. The molecule has 0 fully saturated rings. The number of thioether (sulfide) groups is 2. The van der Waals surface area contributed by atoms with Crippen LogP contribution in [0.5, 0.6) is 0 Å². The molecule has 0 aliphatic heterocycles. The van der Waals surface area contributed by atoms with Crippen molar-refractivity contribution in [1.82, 2.24) is 0 Å². The fourth-order valence-electron chi connectivity index (χ4n) is 1.53. The summed E-state index contributed by atoms with van der Waals surface area (Å²) in [5.74, 6) is 1.46. The van der Waals surface area contributed by atoms with E-state index in [2.05, 4.69) is 0 Å². The van der Waals surface area contributed by atoms with Gasteiger partial charge in [0.1, 0.15) is 5.82 Å². The molecule has 5 heteroatoms. The zero-order valence-corrected chi connectivity index (χ0v) is 12.5. The molecule has 100 valence electrons. The highest BCUT2D eigenvalue weighted by Gasteiger charge is 2.06. The first-order valence-electron chi connectivity index (χ1n) is 5.72. The molecule has 0 aliphatic rings. The van der Waals surface area contributed by atoms with E-state index < -0.39 is 0 Å². The Bertz CT molecular complexity index is 543. The monoisotopic (exact) mass is 313 g/mol. The van der Waals surface area contributed by atoms with E-state index in [1.54, 1.807) is 23.9 Å². The lowest BCUT2D eigenvalue weighted by Gasteiger charge is -2.07. The number of nitrogen functional groups attached to an aromatic ring is 1. The maximum absolute atomic E-state index is 13.4. The zero-order chi connectivity index (χ0) is 13.7. The van der Waals surface area contributed by atoms with Crippen LogP contribution in [0.4, 0.5) is 10.1 Å². The van der Waals surface area contributed by atoms with Gasteiger partial charge in [0.25, 0.3) is 0 Å². The lowest BCUT2D eigenvalue weighted by atomic mass is 10.3. The summed E-state index contributed by atoms with van der Waals surface area (Å²) in [6.07, 6.45) is 0. The minimum Gasteiger partial charge on any atom is -0.398 e. The van der Waals surface area contributed by atoms with Crippen LogP contribution < -0.4 is 5.73 Å². The first-order valence-corrected chi connectivity index (χ1v) is 8.07. The topological polar surface area (TPSA) is 26.0 Å². The normalized spacial score (nSPS) is 10.6. The molecule has 0 aliphatic carbocycles. The van der Waals surface area contributed by atoms with E-state index in [-0.39, 0.29) is 5.82 Å². The lowest BCUT2D eigenvalue weighted by molar-refractivity contribution is 0.602. The van der Waals surface area contributed by atoms with Crippen molar-refractivity contribution in [3.63, 3.8) is 0 Å². The van der Waals surface area contributed by atoms with Crippen molar-refractivity contribution in [3.8, 4) is 0 Å². The molecule has 0 spiro atoms. The van der Waals surface area contributed by atoms with Crippen LogP contribution in [0.1, 0.15) is 0 Å². The van der Waals surface area contributed by atoms with Crippen LogP contribution in [0.15, 0.2) is 52.3 Å². The number of benzene rings is 2. The third-order valence-electron chi connectivity index (χ3n) is 2.42. The Hall–Kier alpha value is -0.840. The highest BCUT2D eigenvalue weighted by Crippen LogP contribution is 2.33. The number of halogens is 2. The van der Waals surface area contributed by atoms with Gasteiger partial charge in [0, 0.05) is 27.0 Å². The molecule has 0 saturated carbocycles. The smallest absolute Gasteiger partial charge is 0.136 e. The van der Waals surface area contributed by atoms with Gasteiger partial charge >= 0.3 is 0 Å². The first kappa shape index (κ1) is 14.6. The molecule has 0 heterocycles. The van der Waals surface area contributed by atoms with Gasteiger partial charge in [-0.3, -0.25) is 0 Å². The highest BCUT2D eigenvalue weighted by atomic mass is 35.5. The lowest BCUT2D eigenvalue weighted by Crippen LogP contribution is -1.92. The molecule has 19 heavy (non-hydrogen) atoms. The molecule has 0 amide bonds. The van der Waals surface area contributed by atoms with Crippen LogP contribution in [-0.2, 0) is 0 Å². The van der Waals surface area contributed by atoms with E-state index in [0.29, 0.717) is 15.6 Å². The van der Waals surface area contributed by atoms with E-state index in [1.807, 2.05) is 24.3 Å². The number of nitrogens with two attached hydrogens (primary N) is 1. The Kier molecular flexibility index (Phi) is 5.43. The Morgan fingerprint density at radius 2 is 1.74 bits per heavy atom. The molecule has 2 N–H and O–H groups in total. The SMILES string of the molecule is Nc1cccc(Cl)c1SCCSc1ccccc1F. The van der Waals surface area contributed by atoms with Crippen molar-refractivity contribution >= 4 is 40.8 Å². The highest BCUT2D eigenvalue weighted by molar-refractivity contribution is 8.03. The second-order valence-corrected chi connectivity index (χ2v) is 6.43. The standard InChI is InChI=1S/C14H13ClFNS2/c15-10-4-3-6-12(17)14(10)19-9-8-18-13-7-2-1-5-11(13)16/h1-7H,8-9,17H2. The predicted molar refractivity (Wildman–Crippen MR) is 83.7 cm³/mol. The van der Waals surface area contributed by atoms with Gasteiger partial charge in [-0.05, 0) is 24.3 Å². The Balaban J connectivity index is 1.86. The quantitative estimate of drug-likeness (QED) is 0.481. The van der Waals surface area contributed by atoms with Crippen molar-refractivity contribution in [2.45, 2.75) is 9.79 Å². The van der Waals surface area contributed by atoms with Gasteiger partial charge in [-0.25, -0.2) is 4.39 Å². The first-order chi connectivity index (χ1) is 9.18. The minimum absolute atomic E-state index is 0.172. The van der Waals surface area contributed by atoms with Crippen LogP contribution in [0.2, 0.25) is 5.02 Å². The van der Waals surface area contributed by atoms with Crippen molar-refractivity contribution in [1.29, 1.82) is 0 Å². The number of anilines is 1. The Labute approximate surface area is 125 Å². The van der Waals surface area contributed by atoms with E-state index in [1.165, 1.54) is 17.8 Å². The van der Waals surface area contributed by atoms with Gasteiger partial charge in [-0.15, -0.1) is 23.5 Å². The van der Waals surface area contributed by atoms with E-state index in [0.717, 1.165) is 16.4 Å². The molecule has 2 aromatic carbocycles. The van der Waals surface area contributed by atoms with Gasteiger partial charge in [-0.2, -0.15) is 0 Å². The summed E-state index contributed by atoms with van der Waals surface area (Å²) in [6.45, 7) is 0. The predicted octanol–water partition coefficient (Wildman–Crippen LogP) is 4.95. The Morgan fingerprint density at radius 1 is 1.00 bits per heavy atom. The summed E-state index contributed by atoms with van der Waals surface area (Å²) in [5, 5.41) is 0.667. The Morgan fingerprint density at radius 3 is 2.47 bits per heavy atom. The summed E-state index contributed by atoms with van der Waals surface area (Å²) in [5.41, 5.74) is 6.56. The summed E-state index contributed by atoms with van der Waals surface area (Å²) in [4.78, 5) is 1.58. The van der Waals surface area contributed by atoms with Gasteiger partial charge < -0.3 is 5.73 Å². The van der Waals surface area contributed by atoms with Gasteiger partial charge in [0.15, 0.2) is 0 Å². The van der Waals surface area contributed by atoms with Crippen LogP contribution >= 0.6 is 35.1 Å². The summed E-state index contributed by atoms with van der Waals surface area (Å²) in [6, 6.07) is 12.3. The van der Waals surface area contributed by atoms with Crippen molar-refractivity contribution in [2.24, 2.45) is 0 Å². The maximum Gasteiger partial charge on any atom is 0.136 e. The molecule has 0 aromatic heterocycles. The number of hydrogen-bond acceptors (Lipinski definition) is 3. The molecule has 0 radical (unpaired) electrons. The molecule has 0 unspecified atom stereocenters. The fourth-order valence-corrected chi connectivity index (χ4v) is 3.79. The molecule has 0 atom stereocenters. The minimum atomic E-state index is -0.172. The second-order valence-electron chi connectivity index (χ2n) is 3.79. The van der Waals surface area contributed by atoms with Gasteiger partial charge in [-0.1, -0.05) is 29.8 Å². The van der Waals surface area contributed by atoms with Crippen LogP contribution in [0, 0.1) is 5.82 Å². The molecule has 1 nitrogen and oxygen atoms in total. The maximum atomic E-state index is 13.4. The molecular weight excluding hydrogens is 301 g/mol. The zero-order valence-electron chi connectivity index (χ0n) is 10.1. The third kappa shape index (κ3) is 4.06.